The number of nitrogens with one attached hydrogen (secondary N) is 3. The van der Waals surface area contributed by atoms with Crippen LogP contribution in [0, 0.1) is 23.1 Å². The maximum atomic E-state index is 13.2. The molecule has 0 heterocycles. The second-order valence-corrected chi connectivity index (χ2v) is 7.31. The summed E-state index contributed by atoms with van der Waals surface area (Å²) in [6, 6.07) is 4.35. The van der Waals surface area contributed by atoms with Crippen molar-refractivity contribution in [3.05, 3.63) is 28.5 Å². The highest BCUT2D eigenvalue weighted by Gasteiger charge is 2.28. The van der Waals surface area contributed by atoms with Crippen LogP contribution in [-0.4, -0.2) is 24.4 Å². The van der Waals surface area contributed by atoms with E-state index in [-0.39, 0.29) is 23.4 Å². The Hall–Kier alpha value is -0.920. The summed E-state index contributed by atoms with van der Waals surface area (Å²) in [7, 11) is 0. The average molecular weight is 402 g/mol. The zero-order valence-electron chi connectivity index (χ0n) is 13.0. The molecule has 3 N–H and O–H groups in total. The van der Waals surface area contributed by atoms with Gasteiger partial charge in [-0.2, -0.15) is 0 Å². The van der Waals surface area contributed by atoms with E-state index in [0.29, 0.717) is 16.1 Å². The van der Waals surface area contributed by atoms with Crippen molar-refractivity contribution in [3.8, 4) is 0 Å². The van der Waals surface area contributed by atoms with Gasteiger partial charge in [-0.3, -0.25) is 14.9 Å². The summed E-state index contributed by atoms with van der Waals surface area (Å²) < 4.78 is 16.8. The summed E-state index contributed by atoms with van der Waals surface area (Å²) in [4.78, 5) is 12.4. The highest BCUT2D eigenvalue weighted by atomic mass is 79.9. The molecule has 1 aliphatic carbocycles. The number of ketones is 1. The summed E-state index contributed by atoms with van der Waals surface area (Å²) >= 11 is 4.72. The zero-order chi connectivity index (χ0) is 16.8. The second-order valence-electron chi connectivity index (χ2n) is 5.76. The molecule has 1 saturated carbocycles. The number of rotatable bonds is 6. The van der Waals surface area contributed by atoms with E-state index in [1.165, 1.54) is 18.2 Å². The van der Waals surface area contributed by atoms with E-state index >= 15 is 0 Å². The summed E-state index contributed by atoms with van der Waals surface area (Å²) in [5, 5.41) is 10.7. The third-order valence-electron chi connectivity index (χ3n) is 4.17. The molecule has 1 aromatic carbocycles. The molecule has 0 aromatic heterocycles. The van der Waals surface area contributed by atoms with Gasteiger partial charge in [0.1, 0.15) is 5.82 Å². The van der Waals surface area contributed by atoms with E-state index in [1.807, 2.05) is 6.26 Å². The molecule has 0 atom stereocenters. The topological polar surface area (TPSA) is 65.0 Å². The van der Waals surface area contributed by atoms with Gasteiger partial charge in [0.05, 0.1) is 4.47 Å². The number of hydrogen-bond acceptors (Lipinski definition) is 4. The van der Waals surface area contributed by atoms with Crippen LogP contribution >= 0.6 is 27.9 Å². The molecule has 23 heavy (non-hydrogen) atoms. The Morgan fingerprint density at radius 3 is 2.70 bits per heavy atom. The molecule has 1 aromatic rings. The Morgan fingerprint density at radius 1 is 1.39 bits per heavy atom. The van der Waals surface area contributed by atoms with Crippen molar-refractivity contribution in [2.75, 3.05) is 18.1 Å². The van der Waals surface area contributed by atoms with Crippen LogP contribution < -0.4 is 10.0 Å². The SMILES string of the molecule is CSNCC1CCC(C(=O)C(=N)Nc2ccc(F)c(Br)c2)CC1. The summed E-state index contributed by atoms with van der Waals surface area (Å²) in [5.41, 5.74) is 0.537. The first-order valence-electron chi connectivity index (χ1n) is 7.62. The highest BCUT2D eigenvalue weighted by molar-refractivity contribution is 9.10. The minimum atomic E-state index is -0.370. The van der Waals surface area contributed by atoms with E-state index in [9.17, 15) is 9.18 Å². The quantitative estimate of drug-likeness (QED) is 0.379. The number of benzene rings is 1. The fraction of sp³-hybridized carbons (Fsp3) is 0.500. The van der Waals surface area contributed by atoms with Crippen LogP contribution in [-0.2, 0) is 4.79 Å². The van der Waals surface area contributed by atoms with Gasteiger partial charge in [0.15, 0.2) is 5.84 Å². The maximum Gasteiger partial charge on any atom is 0.200 e. The monoisotopic (exact) mass is 401 g/mol. The number of amidine groups is 1. The first-order chi connectivity index (χ1) is 11.0. The number of anilines is 1. The van der Waals surface area contributed by atoms with Crippen LogP contribution in [0.15, 0.2) is 22.7 Å². The van der Waals surface area contributed by atoms with Crippen LogP contribution in [0.3, 0.4) is 0 Å². The molecule has 7 heteroatoms. The summed E-state index contributed by atoms with van der Waals surface area (Å²) in [5.74, 6) is -0.104. The second kappa shape index (κ2) is 8.80. The standard InChI is InChI=1S/C16H21BrFN3OS/c1-23-20-9-10-2-4-11(5-3-10)15(22)16(19)21-12-6-7-14(18)13(17)8-12/h6-8,10-11,20H,2-5,9H2,1H3,(H2,19,21). The molecular formula is C16H21BrFN3OS. The predicted molar refractivity (Wildman–Crippen MR) is 97.4 cm³/mol. The summed E-state index contributed by atoms with van der Waals surface area (Å²) in [6.45, 7) is 0.974. The van der Waals surface area contributed by atoms with Crippen molar-refractivity contribution in [1.29, 1.82) is 5.41 Å². The third kappa shape index (κ3) is 5.29. The van der Waals surface area contributed by atoms with E-state index in [4.69, 9.17) is 5.41 Å². The number of halogens is 2. The first kappa shape index (κ1) is 18.4. The van der Waals surface area contributed by atoms with Crippen LogP contribution in [0.1, 0.15) is 25.7 Å². The van der Waals surface area contributed by atoms with Crippen LogP contribution in [0.25, 0.3) is 0 Å². The van der Waals surface area contributed by atoms with Gasteiger partial charge in [0.25, 0.3) is 0 Å². The van der Waals surface area contributed by atoms with Crippen molar-refractivity contribution in [1.82, 2.24) is 4.72 Å². The van der Waals surface area contributed by atoms with Gasteiger partial charge in [0.2, 0.25) is 5.78 Å². The lowest BCUT2D eigenvalue weighted by Gasteiger charge is -2.27. The highest BCUT2D eigenvalue weighted by Crippen LogP contribution is 2.29. The molecule has 1 fully saturated rings. The van der Waals surface area contributed by atoms with E-state index < -0.39 is 0 Å². The van der Waals surface area contributed by atoms with E-state index in [1.54, 1.807) is 11.9 Å². The van der Waals surface area contributed by atoms with Crippen molar-refractivity contribution >= 4 is 45.2 Å². The molecule has 0 bridgehead atoms. The number of Topliss-reactive ketones (excluding diaryl/α,β-unsaturated/α-hetero) is 1. The largest absolute Gasteiger partial charge is 0.338 e. The molecule has 2 rings (SSSR count). The Morgan fingerprint density at radius 2 is 2.09 bits per heavy atom. The average Bonchev–Trinajstić information content (AvgIpc) is 2.56. The van der Waals surface area contributed by atoms with Crippen LogP contribution in [0.5, 0.6) is 0 Å². The molecule has 1 aliphatic rings. The zero-order valence-corrected chi connectivity index (χ0v) is 15.4. The smallest absolute Gasteiger partial charge is 0.200 e. The molecule has 0 amide bonds. The normalized spacial score (nSPS) is 21.0. The number of carbonyl (C=O) groups is 1. The van der Waals surface area contributed by atoms with Gasteiger partial charge >= 0.3 is 0 Å². The lowest BCUT2D eigenvalue weighted by atomic mass is 9.80. The lowest BCUT2D eigenvalue weighted by Crippen LogP contribution is -2.33. The maximum absolute atomic E-state index is 13.2. The van der Waals surface area contributed by atoms with Crippen LogP contribution in [0.2, 0.25) is 0 Å². The molecule has 0 spiro atoms. The summed E-state index contributed by atoms with van der Waals surface area (Å²) in [6.07, 6.45) is 5.70. The minimum Gasteiger partial charge on any atom is -0.338 e. The van der Waals surface area contributed by atoms with Crippen LogP contribution in [0.4, 0.5) is 10.1 Å². The fourth-order valence-electron chi connectivity index (χ4n) is 2.81. The lowest BCUT2D eigenvalue weighted by molar-refractivity contribution is -0.117. The Labute approximate surface area is 148 Å². The van der Waals surface area contributed by atoms with E-state index in [0.717, 1.165) is 32.2 Å². The Bertz CT molecular complexity index is 576. The Balaban J connectivity index is 1.85. The third-order valence-corrected chi connectivity index (χ3v) is 5.23. The van der Waals surface area contributed by atoms with Gasteiger partial charge in [0, 0.05) is 18.2 Å². The number of hydrogen-bond donors (Lipinski definition) is 3. The van der Waals surface area contributed by atoms with Gasteiger partial charge < -0.3 is 5.32 Å². The molecule has 0 saturated heterocycles. The van der Waals surface area contributed by atoms with Gasteiger partial charge in [-0.1, -0.05) is 11.9 Å². The molecule has 0 unspecified atom stereocenters. The first-order valence-corrected chi connectivity index (χ1v) is 9.63. The van der Waals surface area contributed by atoms with Crippen molar-refractivity contribution in [3.63, 3.8) is 0 Å². The van der Waals surface area contributed by atoms with E-state index in [2.05, 4.69) is 26.0 Å². The fourth-order valence-corrected chi connectivity index (χ4v) is 3.60. The van der Waals surface area contributed by atoms with Crippen molar-refractivity contribution in [2.45, 2.75) is 25.7 Å². The minimum absolute atomic E-state index is 0.0792. The van der Waals surface area contributed by atoms with Crippen molar-refractivity contribution < 1.29 is 9.18 Å². The van der Waals surface area contributed by atoms with Gasteiger partial charge in [-0.15, -0.1) is 0 Å². The van der Waals surface area contributed by atoms with Gasteiger partial charge in [-0.05, 0) is 72.0 Å². The Kier molecular flexibility index (Phi) is 7.05. The van der Waals surface area contributed by atoms with Crippen molar-refractivity contribution in [2.24, 2.45) is 11.8 Å². The molecule has 0 aliphatic heterocycles. The predicted octanol–water partition coefficient (Wildman–Crippen LogP) is 4.22. The van der Waals surface area contributed by atoms with Gasteiger partial charge in [-0.25, -0.2) is 4.39 Å². The molecular weight excluding hydrogens is 381 g/mol. The number of carbonyl (C=O) groups excluding carboxylic acids is 1. The molecule has 0 radical (unpaired) electrons. The molecule has 4 nitrogen and oxygen atoms in total. The molecule has 126 valence electrons.